The number of fused-ring (bicyclic) bond motifs is 1. The number of halogens is 1. The van der Waals surface area contributed by atoms with Gasteiger partial charge in [-0.25, -0.2) is 0 Å². The highest BCUT2D eigenvalue weighted by Gasteiger charge is 2.23. The minimum Gasteiger partial charge on any atom is -0.493 e. The summed E-state index contributed by atoms with van der Waals surface area (Å²) in [4.78, 5) is 1.24. The highest BCUT2D eigenvalue weighted by atomic mass is 35.5. The van der Waals surface area contributed by atoms with E-state index in [-0.39, 0.29) is 6.04 Å². The zero-order valence-electron chi connectivity index (χ0n) is 11.5. The van der Waals surface area contributed by atoms with E-state index in [4.69, 9.17) is 16.3 Å². The van der Waals surface area contributed by atoms with E-state index in [0.717, 1.165) is 36.1 Å². The van der Waals surface area contributed by atoms with Crippen molar-refractivity contribution in [2.45, 2.75) is 25.8 Å². The van der Waals surface area contributed by atoms with Crippen LogP contribution >= 0.6 is 22.9 Å². The van der Waals surface area contributed by atoms with E-state index in [9.17, 15) is 0 Å². The second kappa shape index (κ2) is 6.17. The normalized spacial score (nSPS) is 14.9. The molecule has 1 aliphatic heterocycles. The Bertz CT molecular complexity index is 596. The van der Waals surface area contributed by atoms with Crippen molar-refractivity contribution in [3.63, 3.8) is 0 Å². The first kappa shape index (κ1) is 13.9. The molecule has 4 heteroatoms. The largest absolute Gasteiger partial charge is 0.493 e. The van der Waals surface area contributed by atoms with Gasteiger partial charge in [0.15, 0.2) is 0 Å². The molecule has 0 spiro atoms. The molecular formula is C16H18ClNOS. The number of para-hydroxylation sites is 1. The van der Waals surface area contributed by atoms with Crippen LogP contribution in [0.4, 0.5) is 0 Å². The molecule has 3 rings (SSSR count). The first-order chi connectivity index (χ1) is 9.79. The van der Waals surface area contributed by atoms with Gasteiger partial charge < -0.3 is 10.1 Å². The van der Waals surface area contributed by atoms with Crippen LogP contribution in [0.25, 0.3) is 0 Å². The molecule has 1 atom stereocenters. The van der Waals surface area contributed by atoms with E-state index < -0.39 is 0 Å². The molecule has 106 valence electrons. The minimum atomic E-state index is 0.167. The fraction of sp³-hybridized carbons (Fsp3) is 0.375. The average molecular weight is 308 g/mol. The summed E-state index contributed by atoms with van der Waals surface area (Å²) >= 11 is 7.74. The molecule has 2 nitrogen and oxygen atoms in total. The smallest absolute Gasteiger partial charge is 0.127 e. The Balaban J connectivity index is 1.99. The molecular weight excluding hydrogens is 290 g/mol. The summed E-state index contributed by atoms with van der Waals surface area (Å²) in [7, 11) is 0. The van der Waals surface area contributed by atoms with Crippen LogP contribution in [0.5, 0.6) is 5.75 Å². The van der Waals surface area contributed by atoms with E-state index in [0.29, 0.717) is 0 Å². The van der Waals surface area contributed by atoms with Crippen molar-refractivity contribution in [2.24, 2.45) is 0 Å². The van der Waals surface area contributed by atoms with Crippen LogP contribution in [-0.2, 0) is 6.42 Å². The van der Waals surface area contributed by atoms with E-state index >= 15 is 0 Å². The number of hydrogen-bond donors (Lipinski definition) is 1. The lowest BCUT2D eigenvalue weighted by Gasteiger charge is -2.20. The molecule has 0 saturated heterocycles. The predicted octanol–water partition coefficient (Wildman–Crippen LogP) is 4.43. The van der Waals surface area contributed by atoms with Gasteiger partial charge in [0.2, 0.25) is 0 Å². The topological polar surface area (TPSA) is 21.3 Å². The molecule has 1 aromatic heterocycles. The second-order valence-electron chi connectivity index (χ2n) is 4.96. The Morgan fingerprint density at radius 2 is 2.25 bits per heavy atom. The van der Waals surface area contributed by atoms with Gasteiger partial charge in [-0.15, -0.1) is 11.3 Å². The van der Waals surface area contributed by atoms with Gasteiger partial charge in [-0.2, -0.15) is 0 Å². The van der Waals surface area contributed by atoms with E-state index in [1.165, 1.54) is 16.0 Å². The van der Waals surface area contributed by atoms with Crippen LogP contribution in [0.15, 0.2) is 30.3 Å². The SMILES string of the molecule is CCCNC(c1ccc(Cl)s1)c1cccc2c1OCC2. The molecule has 1 N–H and O–H groups in total. The molecule has 0 fully saturated rings. The summed E-state index contributed by atoms with van der Waals surface area (Å²) in [6, 6.07) is 10.7. The second-order valence-corrected chi connectivity index (χ2v) is 6.71. The summed E-state index contributed by atoms with van der Waals surface area (Å²) in [5, 5.41) is 3.62. The number of ether oxygens (including phenoxy) is 1. The summed E-state index contributed by atoms with van der Waals surface area (Å²) in [6.07, 6.45) is 2.11. The molecule has 2 aromatic rings. The molecule has 0 amide bonds. The molecule has 0 aliphatic carbocycles. The summed E-state index contributed by atoms with van der Waals surface area (Å²) in [5.74, 6) is 1.06. The van der Waals surface area contributed by atoms with Crippen molar-refractivity contribution in [1.29, 1.82) is 0 Å². The fourth-order valence-corrected chi connectivity index (χ4v) is 3.76. The van der Waals surface area contributed by atoms with E-state index in [1.807, 2.05) is 6.07 Å². The minimum absolute atomic E-state index is 0.167. The van der Waals surface area contributed by atoms with Crippen molar-refractivity contribution in [3.8, 4) is 5.75 Å². The lowest BCUT2D eigenvalue weighted by molar-refractivity contribution is 0.350. The first-order valence-corrected chi connectivity index (χ1v) is 8.22. The lowest BCUT2D eigenvalue weighted by atomic mass is 10.0. The van der Waals surface area contributed by atoms with Gasteiger partial charge in [0, 0.05) is 16.9 Å². The lowest BCUT2D eigenvalue weighted by Crippen LogP contribution is -2.22. The zero-order chi connectivity index (χ0) is 13.9. The van der Waals surface area contributed by atoms with Crippen LogP contribution in [0, 0.1) is 0 Å². The van der Waals surface area contributed by atoms with Gasteiger partial charge in [-0.1, -0.05) is 36.7 Å². The van der Waals surface area contributed by atoms with Crippen LogP contribution in [0.2, 0.25) is 4.34 Å². The maximum Gasteiger partial charge on any atom is 0.127 e. The quantitative estimate of drug-likeness (QED) is 0.882. The van der Waals surface area contributed by atoms with Gasteiger partial charge in [0.05, 0.1) is 17.0 Å². The predicted molar refractivity (Wildman–Crippen MR) is 85.1 cm³/mol. The molecule has 2 heterocycles. The maximum atomic E-state index is 6.10. The van der Waals surface area contributed by atoms with E-state index in [2.05, 4.69) is 36.5 Å². The van der Waals surface area contributed by atoms with Crippen LogP contribution in [0.1, 0.15) is 35.4 Å². The van der Waals surface area contributed by atoms with E-state index in [1.54, 1.807) is 11.3 Å². The third-order valence-corrected chi connectivity index (χ3v) is 4.83. The summed E-state index contributed by atoms with van der Waals surface area (Å²) < 4.78 is 6.68. The Hall–Kier alpha value is -1.03. The van der Waals surface area contributed by atoms with Crippen molar-refractivity contribution in [1.82, 2.24) is 5.32 Å². The average Bonchev–Trinajstić information content (AvgIpc) is 3.08. The standard InChI is InChI=1S/C16H18ClNOS/c1-2-9-18-15(13-6-7-14(17)20-13)12-5-3-4-11-8-10-19-16(11)12/h3-7,15,18H,2,8-10H2,1H3. The monoisotopic (exact) mass is 307 g/mol. The van der Waals surface area contributed by atoms with Gasteiger partial charge in [-0.3, -0.25) is 0 Å². The molecule has 1 aromatic carbocycles. The molecule has 0 bridgehead atoms. The zero-order valence-corrected chi connectivity index (χ0v) is 13.1. The van der Waals surface area contributed by atoms with Gasteiger partial charge in [-0.05, 0) is 30.7 Å². The van der Waals surface area contributed by atoms with Crippen molar-refractivity contribution >= 4 is 22.9 Å². The van der Waals surface area contributed by atoms with Gasteiger partial charge in [0.1, 0.15) is 5.75 Å². The fourth-order valence-electron chi connectivity index (χ4n) is 2.60. The maximum absolute atomic E-state index is 6.10. The van der Waals surface area contributed by atoms with Crippen LogP contribution < -0.4 is 10.1 Å². The summed E-state index contributed by atoms with van der Waals surface area (Å²) in [6.45, 7) is 3.94. The third kappa shape index (κ3) is 2.71. The highest BCUT2D eigenvalue weighted by molar-refractivity contribution is 7.16. The Morgan fingerprint density at radius 1 is 1.35 bits per heavy atom. The Labute approximate surface area is 128 Å². The van der Waals surface area contributed by atoms with Crippen LogP contribution in [0.3, 0.4) is 0 Å². The number of thiophene rings is 1. The number of benzene rings is 1. The van der Waals surface area contributed by atoms with Gasteiger partial charge in [0.25, 0.3) is 0 Å². The third-order valence-electron chi connectivity index (χ3n) is 3.53. The van der Waals surface area contributed by atoms with Crippen molar-refractivity contribution < 1.29 is 4.74 Å². The summed E-state index contributed by atoms with van der Waals surface area (Å²) in [5.41, 5.74) is 2.54. The molecule has 1 unspecified atom stereocenters. The molecule has 20 heavy (non-hydrogen) atoms. The Morgan fingerprint density at radius 3 is 3.00 bits per heavy atom. The molecule has 0 saturated carbocycles. The number of hydrogen-bond acceptors (Lipinski definition) is 3. The molecule has 1 aliphatic rings. The Kier molecular flexibility index (Phi) is 4.29. The van der Waals surface area contributed by atoms with Crippen LogP contribution in [-0.4, -0.2) is 13.2 Å². The first-order valence-electron chi connectivity index (χ1n) is 7.02. The van der Waals surface area contributed by atoms with Crippen molar-refractivity contribution in [3.05, 3.63) is 50.7 Å². The molecule has 0 radical (unpaired) electrons. The highest BCUT2D eigenvalue weighted by Crippen LogP contribution is 2.38. The van der Waals surface area contributed by atoms with Gasteiger partial charge >= 0.3 is 0 Å². The van der Waals surface area contributed by atoms with Crippen molar-refractivity contribution in [2.75, 3.05) is 13.2 Å². The number of nitrogens with one attached hydrogen (secondary N) is 1. The number of rotatable bonds is 5.